The van der Waals surface area contributed by atoms with Gasteiger partial charge in [-0.2, -0.15) is 0 Å². The highest BCUT2D eigenvalue weighted by Crippen LogP contribution is 2.22. The number of carbonyl (C=O) groups is 1. The topological polar surface area (TPSA) is 38.8 Å². The van der Waals surface area contributed by atoms with Crippen LogP contribution in [-0.4, -0.2) is 43.2 Å². The van der Waals surface area contributed by atoms with E-state index in [4.69, 9.17) is 9.47 Å². The molecular weight excluding hydrogens is 326 g/mol. The van der Waals surface area contributed by atoms with Gasteiger partial charge in [0.1, 0.15) is 19.0 Å². The van der Waals surface area contributed by atoms with Gasteiger partial charge >= 0.3 is 0 Å². The summed E-state index contributed by atoms with van der Waals surface area (Å²) in [7, 11) is 0. The van der Waals surface area contributed by atoms with E-state index in [0.717, 1.165) is 38.0 Å². The predicted octanol–water partition coefficient (Wildman–Crippen LogP) is 3.71. The molecule has 0 unspecified atom stereocenters. The molecule has 1 amide bonds. The smallest absolute Gasteiger partial charge is 0.248 e. The van der Waals surface area contributed by atoms with Crippen LogP contribution in [0.1, 0.15) is 24.8 Å². The largest absolute Gasteiger partial charge is 0.491 e. The first kappa shape index (κ1) is 18.5. The van der Waals surface area contributed by atoms with Crippen LogP contribution >= 0.6 is 0 Å². The van der Waals surface area contributed by atoms with Crippen molar-refractivity contribution >= 4 is 5.91 Å². The van der Waals surface area contributed by atoms with Crippen molar-refractivity contribution in [3.8, 4) is 5.75 Å². The average Bonchev–Trinajstić information content (AvgIpc) is 3.16. The summed E-state index contributed by atoms with van der Waals surface area (Å²) in [5, 5.41) is 0. The monoisotopic (exact) mass is 353 g/mol. The molecule has 1 aliphatic rings. The van der Waals surface area contributed by atoms with Crippen molar-refractivity contribution in [1.29, 1.82) is 0 Å². The van der Waals surface area contributed by atoms with Gasteiger partial charge in [0, 0.05) is 12.6 Å². The number of aryl methyl sites for hydroxylation is 1. The lowest BCUT2D eigenvalue weighted by atomic mass is 10.0. The third-order valence-corrected chi connectivity index (χ3v) is 4.77. The number of nitrogens with zero attached hydrogens (tertiary/aromatic N) is 1. The number of rotatable bonds is 9. The van der Waals surface area contributed by atoms with Crippen LogP contribution in [0, 0.1) is 0 Å². The number of hydrogen-bond donors (Lipinski definition) is 0. The van der Waals surface area contributed by atoms with E-state index in [1.807, 2.05) is 41.3 Å². The molecule has 1 saturated heterocycles. The fourth-order valence-corrected chi connectivity index (χ4v) is 3.42. The van der Waals surface area contributed by atoms with Crippen molar-refractivity contribution in [3.63, 3.8) is 0 Å². The maximum Gasteiger partial charge on any atom is 0.248 e. The van der Waals surface area contributed by atoms with Crippen LogP contribution in [0.5, 0.6) is 5.75 Å². The molecule has 1 atom stereocenters. The Bertz CT molecular complexity index is 660. The minimum atomic E-state index is 0.0975. The van der Waals surface area contributed by atoms with Crippen LogP contribution in [-0.2, 0) is 16.0 Å². The lowest BCUT2D eigenvalue weighted by Gasteiger charge is -2.24. The van der Waals surface area contributed by atoms with Gasteiger partial charge in [-0.15, -0.1) is 0 Å². The van der Waals surface area contributed by atoms with Gasteiger partial charge in [-0.05, 0) is 43.4 Å². The Morgan fingerprint density at radius 2 is 1.73 bits per heavy atom. The minimum absolute atomic E-state index is 0.0975. The van der Waals surface area contributed by atoms with Crippen molar-refractivity contribution in [3.05, 3.63) is 66.2 Å². The summed E-state index contributed by atoms with van der Waals surface area (Å²) in [4.78, 5) is 14.5. The molecule has 26 heavy (non-hydrogen) atoms. The standard InChI is InChI=1S/C22H27NO3/c24-22(18-25-16-17-26-21-11-5-2-6-12-21)23-15-7-10-20(23)14-13-19-8-3-1-4-9-19/h1-6,8-9,11-12,20H,7,10,13-18H2/t20-/m0/s1. The zero-order valence-corrected chi connectivity index (χ0v) is 15.2. The molecule has 0 bridgehead atoms. The summed E-state index contributed by atoms with van der Waals surface area (Å²) in [6.45, 7) is 1.86. The molecule has 3 rings (SSSR count). The van der Waals surface area contributed by atoms with Crippen molar-refractivity contribution < 1.29 is 14.3 Å². The molecule has 0 aliphatic carbocycles. The number of para-hydroxylation sites is 1. The molecule has 0 saturated carbocycles. The summed E-state index contributed by atoms with van der Waals surface area (Å²) in [5.74, 6) is 0.920. The van der Waals surface area contributed by atoms with Crippen LogP contribution in [0.15, 0.2) is 60.7 Å². The Labute approximate surface area is 155 Å². The zero-order chi connectivity index (χ0) is 18.0. The van der Waals surface area contributed by atoms with Crippen molar-refractivity contribution in [2.75, 3.05) is 26.4 Å². The molecule has 2 aromatic carbocycles. The zero-order valence-electron chi connectivity index (χ0n) is 15.2. The van der Waals surface area contributed by atoms with Crippen LogP contribution in [0.4, 0.5) is 0 Å². The van der Waals surface area contributed by atoms with Crippen molar-refractivity contribution in [1.82, 2.24) is 4.90 Å². The summed E-state index contributed by atoms with van der Waals surface area (Å²) in [5.41, 5.74) is 1.33. The summed E-state index contributed by atoms with van der Waals surface area (Å²) in [6, 6.07) is 20.4. The Balaban J connectivity index is 1.35. The van der Waals surface area contributed by atoms with Gasteiger partial charge in [-0.25, -0.2) is 0 Å². The van der Waals surface area contributed by atoms with Gasteiger partial charge in [-0.3, -0.25) is 4.79 Å². The normalized spacial score (nSPS) is 16.6. The van der Waals surface area contributed by atoms with Gasteiger partial charge in [-0.1, -0.05) is 48.5 Å². The molecule has 0 N–H and O–H groups in total. The van der Waals surface area contributed by atoms with Gasteiger partial charge in [0.2, 0.25) is 5.91 Å². The number of carbonyl (C=O) groups excluding carboxylic acids is 1. The van der Waals surface area contributed by atoms with Crippen LogP contribution < -0.4 is 4.74 Å². The summed E-state index contributed by atoms with van der Waals surface area (Å²) in [6.07, 6.45) is 4.21. The molecule has 2 aromatic rings. The van der Waals surface area contributed by atoms with E-state index in [0.29, 0.717) is 19.3 Å². The number of ether oxygens (including phenoxy) is 2. The quantitative estimate of drug-likeness (QED) is 0.645. The molecule has 0 radical (unpaired) electrons. The molecule has 4 heteroatoms. The lowest BCUT2D eigenvalue weighted by Crippen LogP contribution is -2.38. The number of likely N-dealkylation sites (tertiary alicyclic amines) is 1. The first-order chi connectivity index (χ1) is 12.8. The second kappa shape index (κ2) is 9.97. The van der Waals surface area contributed by atoms with Gasteiger partial charge < -0.3 is 14.4 Å². The highest BCUT2D eigenvalue weighted by Gasteiger charge is 2.28. The fourth-order valence-electron chi connectivity index (χ4n) is 3.42. The maximum atomic E-state index is 12.5. The molecule has 1 fully saturated rings. The Morgan fingerprint density at radius 3 is 2.50 bits per heavy atom. The minimum Gasteiger partial charge on any atom is -0.491 e. The van der Waals surface area contributed by atoms with Gasteiger partial charge in [0.25, 0.3) is 0 Å². The van der Waals surface area contributed by atoms with E-state index in [9.17, 15) is 4.79 Å². The highest BCUT2D eigenvalue weighted by molar-refractivity contribution is 5.78. The van der Waals surface area contributed by atoms with E-state index in [1.165, 1.54) is 5.56 Å². The average molecular weight is 353 g/mol. The maximum absolute atomic E-state index is 12.5. The number of benzene rings is 2. The molecule has 1 aliphatic heterocycles. The molecule has 0 aromatic heterocycles. The van der Waals surface area contributed by atoms with Crippen molar-refractivity contribution in [2.45, 2.75) is 31.7 Å². The number of amides is 1. The molecule has 4 nitrogen and oxygen atoms in total. The first-order valence-corrected chi connectivity index (χ1v) is 9.42. The molecular formula is C22H27NO3. The van der Waals surface area contributed by atoms with Gasteiger partial charge in [0.05, 0.1) is 6.61 Å². The Morgan fingerprint density at radius 1 is 1.00 bits per heavy atom. The van der Waals surface area contributed by atoms with Gasteiger partial charge in [0.15, 0.2) is 0 Å². The van der Waals surface area contributed by atoms with E-state index < -0.39 is 0 Å². The third-order valence-electron chi connectivity index (χ3n) is 4.77. The van der Waals surface area contributed by atoms with E-state index >= 15 is 0 Å². The summed E-state index contributed by atoms with van der Waals surface area (Å²) >= 11 is 0. The molecule has 1 heterocycles. The fraction of sp³-hybridized carbons (Fsp3) is 0.409. The second-order valence-corrected chi connectivity index (χ2v) is 6.62. The summed E-state index contributed by atoms with van der Waals surface area (Å²) < 4.78 is 11.1. The molecule has 138 valence electrons. The lowest BCUT2D eigenvalue weighted by molar-refractivity contribution is -0.137. The van der Waals surface area contributed by atoms with E-state index in [2.05, 4.69) is 24.3 Å². The highest BCUT2D eigenvalue weighted by atomic mass is 16.5. The SMILES string of the molecule is O=C(COCCOc1ccccc1)N1CCC[C@H]1CCc1ccccc1. The molecule has 0 spiro atoms. The van der Waals surface area contributed by atoms with Crippen LogP contribution in [0.3, 0.4) is 0 Å². The third kappa shape index (κ3) is 5.60. The van der Waals surface area contributed by atoms with Crippen molar-refractivity contribution in [2.24, 2.45) is 0 Å². The Kier molecular flexibility index (Phi) is 7.08. The predicted molar refractivity (Wildman–Crippen MR) is 102 cm³/mol. The first-order valence-electron chi connectivity index (χ1n) is 9.42. The Hall–Kier alpha value is -2.33. The van der Waals surface area contributed by atoms with Crippen LogP contribution in [0.25, 0.3) is 0 Å². The van der Waals surface area contributed by atoms with Crippen LogP contribution in [0.2, 0.25) is 0 Å². The second-order valence-electron chi connectivity index (χ2n) is 6.62. The van der Waals surface area contributed by atoms with E-state index in [1.54, 1.807) is 0 Å². The van der Waals surface area contributed by atoms with E-state index in [-0.39, 0.29) is 12.5 Å². The number of hydrogen-bond acceptors (Lipinski definition) is 3.